The Kier molecular flexibility index (Phi) is 7.74. The molecule has 2 aromatic carbocycles. The minimum atomic E-state index is -0.0731. The van der Waals surface area contributed by atoms with Crippen molar-refractivity contribution >= 4 is 12.0 Å². The summed E-state index contributed by atoms with van der Waals surface area (Å²) in [6.07, 6.45) is 4.27. The number of carbonyl (C=O) groups excluding carboxylic acids is 1. The highest BCUT2D eigenvalue weighted by molar-refractivity contribution is 5.91. The fourth-order valence-corrected chi connectivity index (χ4v) is 2.50. The topological polar surface area (TPSA) is 48.0 Å². The summed E-state index contributed by atoms with van der Waals surface area (Å²) in [5.74, 6) is 2.09. The third-order valence-electron chi connectivity index (χ3n) is 4.02. The van der Waals surface area contributed by atoms with Crippen molar-refractivity contribution in [3.8, 4) is 17.2 Å². The standard InChI is InChI=1S/C22H27NO4/c1-5-14-27-20-12-8-17(15-21(20)26-4)9-13-22(24)23(2)16-18-6-10-19(25-3)11-7-18/h6-13,15H,5,14,16H2,1-4H3/b13-9+. The molecule has 0 saturated heterocycles. The molecule has 0 bridgehead atoms. The Morgan fingerprint density at radius 2 is 1.78 bits per heavy atom. The molecule has 0 aliphatic rings. The Morgan fingerprint density at radius 1 is 1.04 bits per heavy atom. The van der Waals surface area contributed by atoms with Crippen molar-refractivity contribution in [1.82, 2.24) is 4.90 Å². The fourth-order valence-electron chi connectivity index (χ4n) is 2.50. The number of amides is 1. The number of likely N-dealkylation sites (N-methyl/N-ethyl adjacent to an activating group) is 1. The summed E-state index contributed by atoms with van der Waals surface area (Å²) in [7, 11) is 5.02. The molecule has 144 valence electrons. The maximum Gasteiger partial charge on any atom is 0.246 e. The third-order valence-corrected chi connectivity index (χ3v) is 4.02. The number of methoxy groups -OCH3 is 2. The number of hydrogen-bond donors (Lipinski definition) is 0. The van der Waals surface area contributed by atoms with Gasteiger partial charge in [0.2, 0.25) is 5.91 Å². The molecule has 5 nitrogen and oxygen atoms in total. The zero-order chi connectivity index (χ0) is 19.6. The molecule has 27 heavy (non-hydrogen) atoms. The molecule has 0 aliphatic carbocycles. The summed E-state index contributed by atoms with van der Waals surface area (Å²) in [6.45, 7) is 3.22. The second kappa shape index (κ2) is 10.3. The van der Waals surface area contributed by atoms with Crippen LogP contribution < -0.4 is 14.2 Å². The Morgan fingerprint density at radius 3 is 2.41 bits per heavy atom. The lowest BCUT2D eigenvalue weighted by atomic mass is 10.1. The number of hydrogen-bond acceptors (Lipinski definition) is 4. The van der Waals surface area contributed by atoms with Gasteiger partial charge >= 0.3 is 0 Å². The van der Waals surface area contributed by atoms with E-state index in [-0.39, 0.29) is 5.91 Å². The van der Waals surface area contributed by atoms with Crippen LogP contribution in [0.3, 0.4) is 0 Å². The van der Waals surface area contributed by atoms with Crippen LogP contribution in [0.2, 0.25) is 0 Å². The Labute approximate surface area is 161 Å². The Hall–Kier alpha value is -2.95. The molecule has 0 radical (unpaired) electrons. The molecule has 0 atom stereocenters. The highest BCUT2D eigenvalue weighted by atomic mass is 16.5. The van der Waals surface area contributed by atoms with Crippen molar-refractivity contribution < 1.29 is 19.0 Å². The van der Waals surface area contributed by atoms with Crippen LogP contribution >= 0.6 is 0 Å². The van der Waals surface area contributed by atoms with E-state index in [9.17, 15) is 4.79 Å². The number of ether oxygens (including phenoxy) is 3. The van der Waals surface area contributed by atoms with Gasteiger partial charge in [0.15, 0.2) is 11.5 Å². The second-order valence-corrected chi connectivity index (χ2v) is 6.13. The normalized spacial score (nSPS) is 10.7. The molecule has 0 unspecified atom stereocenters. The summed E-state index contributed by atoms with van der Waals surface area (Å²) in [6, 6.07) is 13.3. The molecular formula is C22H27NO4. The van der Waals surface area contributed by atoms with Crippen LogP contribution in [-0.4, -0.2) is 38.7 Å². The van der Waals surface area contributed by atoms with Crippen LogP contribution in [0.15, 0.2) is 48.5 Å². The summed E-state index contributed by atoms with van der Waals surface area (Å²) in [4.78, 5) is 14.0. The molecule has 0 N–H and O–H groups in total. The number of benzene rings is 2. The molecule has 0 fully saturated rings. The van der Waals surface area contributed by atoms with Gasteiger partial charge in [-0.1, -0.05) is 25.1 Å². The highest BCUT2D eigenvalue weighted by Crippen LogP contribution is 2.28. The second-order valence-electron chi connectivity index (χ2n) is 6.13. The van der Waals surface area contributed by atoms with Gasteiger partial charge in [-0.25, -0.2) is 0 Å². The van der Waals surface area contributed by atoms with Gasteiger partial charge in [0.05, 0.1) is 20.8 Å². The Bertz CT molecular complexity index is 768. The summed E-state index contributed by atoms with van der Waals surface area (Å²) < 4.78 is 16.2. The van der Waals surface area contributed by atoms with E-state index >= 15 is 0 Å². The molecule has 0 aromatic heterocycles. The average molecular weight is 369 g/mol. The van der Waals surface area contributed by atoms with Crippen LogP contribution in [0, 0.1) is 0 Å². The molecule has 0 saturated carbocycles. The van der Waals surface area contributed by atoms with Gasteiger partial charge in [0, 0.05) is 19.7 Å². The average Bonchev–Trinajstić information content (AvgIpc) is 2.71. The van der Waals surface area contributed by atoms with E-state index in [1.54, 1.807) is 38.3 Å². The lowest BCUT2D eigenvalue weighted by Gasteiger charge is -2.15. The van der Waals surface area contributed by atoms with Crippen molar-refractivity contribution in [2.75, 3.05) is 27.9 Å². The van der Waals surface area contributed by atoms with E-state index in [1.807, 2.05) is 42.5 Å². The van der Waals surface area contributed by atoms with E-state index in [4.69, 9.17) is 14.2 Å². The first-order valence-corrected chi connectivity index (χ1v) is 8.94. The molecule has 5 heteroatoms. The van der Waals surface area contributed by atoms with Gasteiger partial charge in [-0.15, -0.1) is 0 Å². The zero-order valence-corrected chi connectivity index (χ0v) is 16.4. The fraction of sp³-hybridized carbons (Fsp3) is 0.318. The number of carbonyl (C=O) groups is 1. The SMILES string of the molecule is CCCOc1ccc(/C=C/C(=O)N(C)Cc2ccc(OC)cc2)cc1OC. The molecule has 2 rings (SSSR count). The molecule has 0 heterocycles. The first-order chi connectivity index (χ1) is 13.1. The minimum absolute atomic E-state index is 0.0731. The summed E-state index contributed by atoms with van der Waals surface area (Å²) in [5.41, 5.74) is 1.92. The highest BCUT2D eigenvalue weighted by Gasteiger charge is 2.07. The maximum atomic E-state index is 12.4. The molecule has 0 spiro atoms. The van der Waals surface area contributed by atoms with Crippen molar-refractivity contribution in [2.24, 2.45) is 0 Å². The van der Waals surface area contributed by atoms with Gasteiger partial charge < -0.3 is 19.1 Å². The first kappa shape index (κ1) is 20.4. The van der Waals surface area contributed by atoms with Gasteiger partial charge in [0.25, 0.3) is 0 Å². The summed E-state index contributed by atoms with van der Waals surface area (Å²) in [5, 5.41) is 0. The molecule has 0 aliphatic heterocycles. The van der Waals surface area contributed by atoms with Gasteiger partial charge in [-0.3, -0.25) is 4.79 Å². The lowest BCUT2D eigenvalue weighted by Crippen LogP contribution is -2.24. The van der Waals surface area contributed by atoms with Crippen molar-refractivity contribution in [3.05, 3.63) is 59.7 Å². The third kappa shape index (κ3) is 6.06. The molecule has 2 aromatic rings. The minimum Gasteiger partial charge on any atom is -0.497 e. The monoisotopic (exact) mass is 369 g/mol. The van der Waals surface area contributed by atoms with E-state index in [1.165, 1.54) is 0 Å². The zero-order valence-electron chi connectivity index (χ0n) is 16.4. The molecule has 1 amide bonds. The van der Waals surface area contributed by atoms with Crippen molar-refractivity contribution in [3.63, 3.8) is 0 Å². The van der Waals surface area contributed by atoms with E-state index in [0.29, 0.717) is 24.7 Å². The van der Waals surface area contributed by atoms with E-state index in [2.05, 4.69) is 6.92 Å². The summed E-state index contributed by atoms with van der Waals surface area (Å²) >= 11 is 0. The quantitative estimate of drug-likeness (QED) is 0.623. The predicted molar refractivity (Wildman–Crippen MR) is 107 cm³/mol. The predicted octanol–water partition coefficient (Wildman–Crippen LogP) is 4.16. The van der Waals surface area contributed by atoms with Gasteiger partial charge in [-0.2, -0.15) is 0 Å². The van der Waals surface area contributed by atoms with Gasteiger partial charge in [0.1, 0.15) is 5.75 Å². The smallest absolute Gasteiger partial charge is 0.246 e. The van der Waals surface area contributed by atoms with Crippen LogP contribution in [-0.2, 0) is 11.3 Å². The van der Waals surface area contributed by atoms with Crippen LogP contribution in [0.5, 0.6) is 17.2 Å². The lowest BCUT2D eigenvalue weighted by molar-refractivity contribution is -0.125. The van der Waals surface area contributed by atoms with Crippen LogP contribution in [0.25, 0.3) is 6.08 Å². The van der Waals surface area contributed by atoms with Crippen molar-refractivity contribution in [1.29, 1.82) is 0 Å². The molecular weight excluding hydrogens is 342 g/mol. The van der Waals surface area contributed by atoms with Crippen LogP contribution in [0.1, 0.15) is 24.5 Å². The van der Waals surface area contributed by atoms with E-state index in [0.717, 1.165) is 23.3 Å². The largest absolute Gasteiger partial charge is 0.497 e. The maximum absolute atomic E-state index is 12.4. The van der Waals surface area contributed by atoms with Gasteiger partial charge in [-0.05, 0) is 47.9 Å². The Balaban J connectivity index is 1.99. The number of nitrogens with zero attached hydrogens (tertiary/aromatic N) is 1. The first-order valence-electron chi connectivity index (χ1n) is 8.94. The van der Waals surface area contributed by atoms with Crippen molar-refractivity contribution in [2.45, 2.75) is 19.9 Å². The van der Waals surface area contributed by atoms with Crippen LogP contribution in [0.4, 0.5) is 0 Å². The van der Waals surface area contributed by atoms with E-state index < -0.39 is 0 Å². The number of rotatable bonds is 9.